The Kier molecular flexibility index (Phi) is 3.47. The summed E-state index contributed by atoms with van der Waals surface area (Å²) in [4.78, 5) is 11.8. The van der Waals surface area contributed by atoms with Crippen LogP contribution in [-0.2, 0) is 9.53 Å². The molecule has 0 fully saturated rings. The Labute approximate surface area is 101 Å². The van der Waals surface area contributed by atoms with Crippen molar-refractivity contribution in [1.29, 1.82) is 0 Å². The van der Waals surface area contributed by atoms with Crippen LogP contribution in [0, 0.1) is 0 Å². The molecule has 1 heterocycles. The molecular weight excluding hydrogens is 214 g/mol. The number of anilines is 1. The van der Waals surface area contributed by atoms with Crippen molar-refractivity contribution >= 4 is 17.2 Å². The molecule has 0 spiro atoms. The van der Waals surface area contributed by atoms with Gasteiger partial charge in [0.05, 0.1) is 6.61 Å². The Hall–Kier alpha value is -1.77. The van der Waals surface area contributed by atoms with Crippen molar-refractivity contribution in [2.24, 2.45) is 0 Å². The van der Waals surface area contributed by atoms with Crippen LogP contribution >= 0.6 is 0 Å². The van der Waals surface area contributed by atoms with Gasteiger partial charge in [0.25, 0.3) is 0 Å². The van der Waals surface area contributed by atoms with E-state index < -0.39 is 0 Å². The SMILES string of the molecule is CCOC(=O)/C(C)=C1/CCNc2ccccc21. The number of carbonyl (C=O) groups excluding carboxylic acids is 1. The highest BCUT2D eigenvalue weighted by Gasteiger charge is 2.18. The van der Waals surface area contributed by atoms with Crippen molar-refractivity contribution in [3.8, 4) is 0 Å². The van der Waals surface area contributed by atoms with Crippen LogP contribution in [0.15, 0.2) is 29.8 Å². The Morgan fingerprint density at radius 2 is 2.18 bits per heavy atom. The molecule has 0 saturated carbocycles. The second-order valence-electron chi connectivity index (χ2n) is 4.05. The van der Waals surface area contributed by atoms with Crippen molar-refractivity contribution in [2.75, 3.05) is 18.5 Å². The molecule has 0 radical (unpaired) electrons. The lowest BCUT2D eigenvalue weighted by Gasteiger charge is -2.22. The van der Waals surface area contributed by atoms with E-state index in [1.165, 1.54) is 0 Å². The van der Waals surface area contributed by atoms with Crippen molar-refractivity contribution in [3.63, 3.8) is 0 Å². The Morgan fingerprint density at radius 1 is 1.41 bits per heavy atom. The predicted molar refractivity (Wildman–Crippen MR) is 68.8 cm³/mol. The summed E-state index contributed by atoms with van der Waals surface area (Å²) in [6.07, 6.45) is 0.863. The Balaban J connectivity index is 2.40. The van der Waals surface area contributed by atoms with E-state index in [2.05, 4.69) is 5.32 Å². The van der Waals surface area contributed by atoms with Gasteiger partial charge in [-0.1, -0.05) is 18.2 Å². The van der Waals surface area contributed by atoms with Crippen molar-refractivity contribution in [2.45, 2.75) is 20.3 Å². The number of hydrogen-bond acceptors (Lipinski definition) is 3. The first kappa shape index (κ1) is 11.7. The van der Waals surface area contributed by atoms with Crippen LogP contribution in [-0.4, -0.2) is 19.1 Å². The average molecular weight is 231 g/mol. The zero-order valence-corrected chi connectivity index (χ0v) is 10.2. The van der Waals surface area contributed by atoms with Crippen LogP contribution < -0.4 is 5.32 Å². The van der Waals surface area contributed by atoms with Gasteiger partial charge in [0, 0.05) is 23.4 Å². The molecule has 0 atom stereocenters. The zero-order valence-electron chi connectivity index (χ0n) is 10.2. The minimum absolute atomic E-state index is 0.209. The van der Waals surface area contributed by atoms with Gasteiger partial charge in [-0.2, -0.15) is 0 Å². The Morgan fingerprint density at radius 3 is 2.94 bits per heavy atom. The number of ether oxygens (including phenoxy) is 1. The lowest BCUT2D eigenvalue weighted by atomic mass is 9.93. The average Bonchev–Trinajstić information content (AvgIpc) is 2.37. The number of nitrogens with one attached hydrogen (secondary N) is 1. The first-order valence-corrected chi connectivity index (χ1v) is 5.94. The summed E-state index contributed by atoms with van der Waals surface area (Å²) in [7, 11) is 0. The minimum atomic E-state index is -0.209. The fourth-order valence-electron chi connectivity index (χ4n) is 2.11. The lowest BCUT2D eigenvalue weighted by molar-refractivity contribution is -0.138. The summed E-state index contributed by atoms with van der Waals surface area (Å²) < 4.78 is 5.05. The highest BCUT2D eigenvalue weighted by Crippen LogP contribution is 2.32. The molecule has 1 N–H and O–H groups in total. The van der Waals surface area contributed by atoms with Gasteiger partial charge in [-0.25, -0.2) is 4.79 Å². The fourth-order valence-corrected chi connectivity index (χ4v) is 2.11. The molecule has 1 aliphatic rings. The largest absolute Gasteiger partial charge is 0.463 e. The molecule has 0 bridgehead atoms. The molecule has 2 rings (SSSR count). The zero-order chi connectivity index (χ0) is 12.3. The van der Waals surface area contributed by atoms with Gasteiger partial charge in [0.1, 0.15) is 0 Å². The third-order valence-corrected chi connectivity index (χ3v) is 2.98. The standard InChI is InChI=1S/C14H17NO2/c1-3-17-14(16)10(2)11-8-9-15-13-7-5-4-6-12(11)13/h4-7,15H,3,8-9H2,1-2H3/b11-10-. The maximum atomic E-state index is 11.8. The van der Waals surface area contributed by atoms with Crippen molar-refractivity contribution in [1.82, 2.24) is 0 Å². The van der Waals surface area contributed by atoms with E-state index in [4.69, 9.17) is 4.74 Å². The van der Waals surface area contributed by atoms with Crippen LogP contribution in [0.4, 0.5) is 5.69 Å². The highest BCUT2D eigenvalue weighted by atomic mass is 16.5. The minimum Gasteiger partial charge on any atom is -0.463 e. The molecule has 0 amide bonds. The van der Waals surface area contributed by atoms with E-state index in [0.717, 1.165) is 35.4 Å². The first-order chi connectivity index (χ1) is 8.24. The summed E-state index contributed by atoms with van der Waals surface area (Å²) in [5, 5.41) is 3.33. The summed E-state index contributed by atoms with van der Waals surface area (Å²) in [5.74, 6) is -0.209. The quantitative estimate of drug-likeness (QED) is 0.628. The molecule has 0 saturated heterocycles. The number of esters is 1. The van der Waals surface area contributed by atoms with Gasteiger partial charge in [-0.05, 0) is 31.9 Å². The number of rotatable bonds is 2. The summed E-state index contributed by atoms with van der Waals surface area (Å²) in [6, 6.07) is 8.06. The van der Waals surface area contributed by atoms with Gasteiger partial charge >= 0.3 is 5.97 Å². The molecule has 0 aromatic heterocycles. The van der Waals surface area contributed by atoms with Crippen molar-refractivity contribution < 1.29 is 9.53 Å². The normalized spacial score (nSPS) is 16.8. The summed E-state index contributed by atoms with van der Waals surface area (Å²) in [5.41, 5.74) is 4.03. The maximum Gasteiger partial charge on any atom is 0.334 e. The second kappa shape index (κ2) is 5.04. The Bertz CT molecular complexity index is 463. The molecule has 1 aromatic carbocycles. The van der Waals surface area contributed by atoms with Crippen LogP contribution in [0.25, 0.3) is 5.57 Å². The fraction of sp³-hybridized carbons (Fsp3) is 0.357. The number of para-hydroxylation sites is 1. The summed E-state index contributed by atoms with van der Waals surface area (Å²) >= 11 is 0. The number of fused-ring (bicyclic) bond motifs is 1. The van der Waals surface area contributed by atoms with E-state index in [1.54, 1.807) is 0 Å². The molecule has 17 heavy (non-hydrogen) atoms. The third-order valence-electron chi connectivity index (χ3n) is 2.98. The molecule has 0 aliphatic carbocycles. The number of benzene rings is 1. The topological polar surface area (TPSA) is 38.3 Å². The van der Waals surface area contributed by atoms with Gasteiger partial charge in [-0.3, -0.25) is 0 Å². The number of hydrogen-bond donors (Lipinski definition) is 1. The third kappa shape index (κ3) is 2.33. The van der Waals surface area contributed by atoms with Crippen molar-refractivity contribution in [3.05, 3.63) is 35.4 Å². The van der Waals surface area contributed by atoms with Gasteiger partial charge in [0.2, 0.25) is 0 Å². The van der Waals surface area contributed by atoms with E-state index in [-0.39, 0.29) is 5.97 Å². The molecule has 3 nitrogen and oxygen atoms in total. The van der Waals surface area contributed by atoms with Gasteiger partial charge < -0.3 is 10.1 Å². The van der Waals surface area contributed by atoms with Crippen LogP contribution in [0.5, 0.6) is 0 Å². The summed E-state index contributed by atoms with van der Waals surface area (Å²) in [6.45, 7) is 4.95. The number of carbonyl (C=O) groups is 1. The van der Waals surface area contributed by atoms with Gasteiger partial charge in [0.15, 0.2) is 0 Å². The molecule has 3 heteroatoms. The molecule has 1 aliphatic heterocycles. The molecule has 1 aromatic rings. The van der Waals surface area contributed by atoms with E-state index in [0.29, 0.717) is 6.61 Å². The lowest BCUT2D eigenvalue weighted by Crippen LogP contribution is -2.15. The molecular formula is C14H17NO2. The van der Waals surface area contributed by atoms with E-state index in [1.807, 2.05) is 38.1 Å². The molecule has 90 valence electrons. The van der Waals surface area contributed by atoms with Crippen LogP contribution in [0.3, 0.4) is 0 Å². The molecule has 0 unspecified atom stereocenters. The van der Waals surface area contributed by atoms with Crippen LogP contribution in [0.2, 0.25) is 0 Å². The monoisotopic (exact) mass is 231 g/mol. The second-order valence-corrected chi connectivity index (χ2v) is 4.05. The predicted octanol–water partition coefficient (Wildman–Crippen LogP) is 2.84. The first-order valence-electron chi connectivity index (χ1n) is 5.94. The van der Waals surface area contributed by atoms with E-state index >= 15 is 0 Å². The maximum absolute atomic E-state index is 11.8. The van der Waals surface area contributed by atoms with Gasteiger partial charge in [-0.15, -0.1) is 0 Å². The van der Waals surface area contributed by atoms with E-state index in [9.17, 15) is 4.79 Å². The van der Waals surface area contributed by atoms with Crippen LogP contribution in [0.1, 0.15) is 25.8 Å². The smallest absolute Gasteiger partial charge is 0.334 e. The highest BCUT2D eigenvalue weighted by molar-refractivity contribution is 5.99.